The molecule has 0 bridgehead atoms. The molecule has 0 rings (SSSR count). The van der Waals surface area contributed by atoms with Crippen molar-refractivity contribution >= 4 is 53.6 Å². The molecule has 71 heavy (non-hydrogen) atoms. The molecule has 0 spiro atoms. The third-order valence-electron chi connectivity index (χ3n) is 11.4. The topological polar surface area (TPSA) is 123 Å². The van der Waals surface area contributed by atoms with Crippen LogP contribution in [0.3, 0.4) is 0 Å². The molecule has 0 aliphatic heterocycles. The van der Waals surface area contributed by atoms with Crippen LogP contribution >= 0.6 is 21.6 Å². The fourth-order valence-electron chi connectivity index (χ4n) is 6.09. The summed E-state index contributed by atoms with van der Waals surface area (Å²) in [5.41, 5.74) is -0.809. The van der Waals surface area contributed by atoms with Crippen molar-refractivity contribution in [3.8, 4) is 0 Å². The molecule has 0 aliphatic rings. The molecule has 0 aromatic carbocycles. The second-order valence-electron chi connectivity index (χ2n) is 19.5. The number of carbonyl (C=O) groups is 4. The Hall–Kier alpha value is -3.84. The standard InChI is InChI=1S/C59H97N3O6S2Si/c1-10-12-14-16-18-20-22-24-26-28-30-32-34-36-38-40-42-44-53(63)60-48-50-69-70-51-49-61-54(64)46-47-62-57(66)56(68-71(8,9)58(3,4)5)59(6,7)52-67-55(65)45-43-41-39-37-35-33-31-29-27-25-23-21-19-17-15-13-11-2/h12-15,18-21,24-27,30-33,36-39,56H,10-11,16-17,22-23,28-29,34-35,40-52H2,1-9H3,(H,60,63)(H,61,64)(H,62,66)/b14-12-,15-13-,20-18-,21-19-,26-24-,27-25-,32-30-,33-31-,38-36-,39-37-/t56-/m0/s1. The van der Waals surface area contributed by atoms with Gasteiger partial charge in [-0.3, -0.25) is 19.2 Å². The van der Waals surface area contributed by atoms with E-state index in [-0.39, 0.29) is 48.3 Å². The van der Waals surface area contributed by atoms with E-state index in [1.54, 1.807) is 21.6 Å². The highest BCUT2D eigenvalue weighted by molar-refractivity contribution is 8.76. The normalized spacial score (nSPS) is 13.6. The van der Waals surface area contributed by atoms with Gasteiger partial charge in [0.15, 0.2) is 8.32 Å². The first-order valence-corrected chi connectivity index (χ1v) is 31.9. The third-order valence-corrected chi connectivity index (χ3v) is 18.2. The average Bonchev–Trinajstić information content (AvgIpc) is 3.32. The second kappa shape index (κ2) is 44.8. The highest BCUT2D eigenvalue weighted by Gasteiger charge is 2.46. The number of esters is 1. The number of hydrogen-bond donors (Lipinski definition) is 3. The van der Waals surface area contributed by atoms with Crippen molar-refractivity contribution in [1.29, 1.82) is 0 Å². The molecule has 0 heterocycles. The van der Waals surface area contributed by atoms with E-state index in [9.17, 15) is 19.2 Å². The highest BCUT2D eigenvalue weighted by atomic mass is 33.1. The molecule has 3 N–H and O–H groups in total. The summed E-state index contributed by atoms with van der Waals surface area (Å²) in [5.74, 6) is 0.828. The zero-order chi connectivity index (χ0) is 52.7. The molecule has 0 aliphatic carbocycles. The summed E-state index contributed by atoms with van der Waals surface area (Å²) in [7, 11) is 0.908. The molecule has 0 radical (unpaired) electrons. The van der Waals surface area contributed by atoms with Crippen LogP contribution in [-0.4, -0.2) is 75.9 Å². The molecular formula is C59H97N3O6S2Si. The molecular weight excluding hydrogens is 939 g/mol. The van der Waals surface area contributed by atoms with Crippen LogP contribution in [0.5, 0.6) is 0 Å². The Morgan fingerprint density at radius 3 is 1.25 bits per heavy atom. The van der Waals surface area contributed by atoms with Crippen molar-refractivity contribution in [1.82, 2.24) is 16.0 Å². The monoisotopic (exact) mass is 1040 g/mol. The fourth-order valence-corrected chi connectivity index (χ4v) is 9.27. The largest absolute Gasteiger partial charge is 0.465 e. The van der Waals surface area contributed by atoms with Crippen molar-refractivity contribution in [2.45, 2.75) is 182 Å². The Labute approximate surface area is 442 Å². The fraction of sp³-hybridized carbons (Fsp3) is 0.593. The number of nitrogens with one attached hydrogen (secondary N) is 3. The minimum absolute atomic E-state index is 0.0369. The Balaban J connectivity index is 4.41. The molecule has 0 unspecified atom stereocenters. The van der Waals surface area contributed by atoms with Crippen LogP contribution in [0.25, 0.3) is 0 Å². The first kappa shape index (κ1) is 67.2. The van der Waals surface area contributed by atoms with Crippen molar-refractivity contribution in [3.63, 3.8) is 0 Å². The molecule has 0 aromatic rings. The molecule has 3 amide bonds. The quantitative estimate of drug-likeness (QED) is 0.0182. The number of ether oxygens (including phenoxy) is 1. The smallest absolute Gasteiger partial charge is 0.305 e. The molecule has 1 atom stereocenters. The summed E-state index contributed by atoms with van der Waals surface area (Å²) in [5, 5.41) is 8.70. The van der Waals surface area contributed by atoms with Crippen LogP contribution in [0.4, 0.5) is 0 Å². The minimum atomic E-state index is -2.41. The summed E-state index contributed by atoms with van der Waals surface area (Å²) in [6.45, 7) is 19.9. The van der Waals surface area contributed by atoms with Gasteiger partial charge in [0.1, 0.15) is 6.10 Å². The maximum absolute atomic E-state index is 13.7. The predicted octanol–water partition coefficient (Wildman–Crippen LogP) is 14.9. The summed E-state index contributed by atoms with van der Waals surface area (Å²) in [6, 6.07) is 0. The number of carbonyl (C=O) groups excluding carboxylic acids is 4. The van der Waals surface area contributed by atoms with E-state index in [0.29, 0.717) is 32.4 Å². The second-order valence-corrected chi connectivity index (χ2v) is 27.0. The van der Waals surface area contributed by atoms with E-state index < -0.39 is 19.8 Å². The number of allylic oxidation sites excluding steroid dienone is 20. The minimum Gasteiger partial charge on any atom is -0.465 e. The lowest BCUT2D eigenvalue weighted by molar-refractivity contribution is -0.152. The van der Waals surface area contributed by atoms with Crippen LogP contribution < -0.4 is 16.0 Å². The van der Waals surface area contributed by atoms with E-state index in [2.05, 4.69) is 185 Å². The summed E-state index contributed by atoms with van der Waals surface area (Å²) in [6.07, 6.45) is 56.5. The van der Waals surface area contributed by atoms with Gasteiger partial charge in [-0.2, -0.15) is 0 Å². The molecule has 0 saturated carbocycles. The molecule has 0 saturated heterocycles. The van der Waals surface area contributed by atoms with Gasteiger partial charge in [-0.05, 0) is 108 Å². The summed E-state index contributed by atoms with van der Waals surface area (Å²) < 4.78 is 12.4. The Morgan fingerprint density at radius 2 is 0.859 bits per heavy atom. The van der Waals surface area contributed by atoms with Gasteiger partial charge in [-0.1, -0.05) is 192 Å². The van der Waals surface area contributed by atoms with Crippen molar-refractivity contribution in [2.24, 2.45) is 5.41 Å². The first-order chi connectivity index (χ1) is 34.1. The van der Waals surface area contributed by atoms with Gasteiger partial charge in [0, 0.05) is 55.8 Å². The van der Waals surface area contributed by atoms with E-state index >= 15 is 0 Å². The summed E-state index contributed by atoms with van der Waals surface area (Å²) in [4.78, 5) is 51.4. The number of amides is 3. The van der Waals surface area contributed by atoms with Crippen LogP contribution in [0.1, 0.15) is 158 Å². The van der Waals surface area contributed by atoms with Crippen LogP contribution in [0.2, 0.25) is 18.1 Å². The molecule has 0 fully saturated rings. The van der Waals surface area contributed by atoms with Crippen LogP contribution in [0.15, 0.2) is 122 Å². The average molecular weight is 1040 g/mol. The van der Waals surface area contributed by atoms with Crippen LogP contribution in [0, 0.1) is 5.41 Å². The SMILES string of the molecule is CC/C=C\C/C=C\C/C=C\C/C=C\C/C=C\CCCC(=O)NCCSSCCNC(=O)CCNC(=O)[C@H](O[Si](C)(C)C(C)(C)C)C(C)(C)COC(=O)CCC/C=C\C/C=C\C/C=C\C/C=C\C/C=C\CC. The van der Waals surface area contributed by atoms with E-state index in [1.165, 1.54) is 0 Å². The number of hydrogen-bond acceptors (Lipinski definition) is 8. The van der Waals surface area contributed by atoms with E-state index in [0.717, 1.165) is 95.0 Å². The first-order valence-electron chi connectivity index (χ1n) is 26.5. The zero-order valence-electron chi connectivity index (χ0n) is 45.7. The van der Waals surface area contributed by atoms with E-state index in [4.69, 9.17) is 9.16 Å². The van der Waals surface area contributed by atoms with Gasteiger partial charge in [-0.25, -0.2) is 0 Å². The third kappa shape index (κ3) is 41.3. The molecule has 12 heteroatoms. The Bertz CT molecular complexity index is 1740. The van der Waals surface area contributed by atoms with Crippen molar-refractivity contribution in [3.05, 3.63) is 122 Å². The van der Waals surface area contributed by atoms with E-state index in [1.807, 2.05) is 13.8 Å². The molecule has 9 nitrogen and oxygen atoms in total. The van der Waals surface area contributed by atoms with Gasteiger partial charge in [-0.15, -0.1) is 0 Å². The maximum Gasteiger partial charge on any atom is 0.305 e. The van der Waals surface area contributed by atoms with Crippen molar-refractivity contribution in [2.75, 3.05) is 37.7 Å². The highest BCUT2D eigenvalue weighted by Crippen LogP contribution is 2.40. The maximum atomic E-state index is 13.7. The number of rotatable bonds is 42. The predicted molar refractivity (Wildman–Crippen MR) is 312 cm³/mol. The van der Waals surface area contributed by atoms with Gasteiger partial charge in [0.05, 0.1) is 6.61 Å². The lowest BCUT2D eigenvalue weighted by Gasteiger charge is -2.43. The number of unbranched alkanes of at least 4 members (excludes halogenated alkanes) is 2. The van der Waals surface area contributed by atoms with Crippen molar-refractivity contribution < 1.29 is 28.3 Å². The van der Waals surface area contributed by atoms with Crippen LogP contribution in [-0.2, 0) is 28.3 Å². The lowest BCUT2D eigenvalue weighted by atomic mass is 9.87. The van der Waals surface area contributed by atoms with Gasteiger partial charge >= 0.3 is 5.97 Å². The lowest BCUT2D eigenvalue weighted by Crippen LogP contribution is -2.55. The Kier molecular flexibility index (Phi) is 42.4. The molecule has 400 valence electrons. The molecule has 0 aromatic heterocycles. The van der Waals surface area contributed by atoms with Gasteiger partial charge in [0.2, 0.25) is 17.7 Å². The van der Waals surface area contributed by atoms with Gasteiger partial charge < -0.3 is 25.1 Å². The zero-order valence-corrected chi connectivity index (χ0v) is 48.3. The Morgan fingerprint density at radius 1 is 0.493 bits per heavy atom. The summed E-state index contributed by atoms with van der Waals surface area (Å²) >= 11 is 0. The van der Waals surface area contributed by atoms with Gasteiger partial charge in [0.25, 0.3) is 0 Å².